The lowest BCUT2D eigenvalue weighted by molar-refractivity contribution is -0.244. The zero-order chi connectivity index (χ0) is 16.9. The maximum Gasteiger partial charge on any atom is 0.0934 e. The standard InChI is InChI=1S/C20H32O3/c1-14-12-16(21)17-18(2,3)8-5-9-19(17,4)20(14,22)10-6-15-7-11-23-13-15/h7,11,13-14,16-17,21-22H,5-6,8-10,12H2,1-4H3. The lowest BCUT2D eigenvalue weighted by Gasteiger charge is -2.64. The SMILES string of the molecule is CC1CC(O)C2C(C)(C)CCCC2(C)C1(O)CCc1ccoc1. The number of hydrogen-bond acceptors (Lipinski definition) is 3. The smallest absolute Gasteiger partial charge is 0.0934 e. The topological polar surface area (TPSA) is 53.6 Å². The number of aliphatic hydroxyl groups is 2. The highest BCUT2D eigenvalue weighted by molar-refractivity contribution is 5.15. The maximum atomic E-state index is 11.8. The minimum Gasteiger partial charge on any atom is -0.472 e. The highest BCUT2D eigenvalue weighted by Crippen LogP contribution is 2.63. The van der Waals surface area contributed by atoms with E-state index in [1.54, 1.807) is 12.5 Å². The maximum absolute atomic E-state index is 11.8. The van der Waals surface area contributed by atoms with E-state index in [-0.39, 0.29) is 28.8 Å². The average Bonchev–Trinajstić information content (AvgIpc) is 2.95. The first kappa shape index (κ1) is 17.0. The van der Waals surface area contributed by atoms with Crippen LogP contribution < -0.4 is 0 Å². The van der Waals surface area contributed by atoms with Gasteiger partial charge in [-0.2, -0.15) is 0 Å². The molecule has 0 aromatic carbocycles. The van der Waals surface area contributed by atoms with Gasteiger partial charge in [-0.3, -0.25) is 0 Å². The van der Waals surface area contributed by atoms with E-state index < -0.39 is 5.60 Å². The summed E-state index contributed by atoms with van der Waals surface area (Å²) < 4.78 is 5.17. The van der Waals surface area contributed by atoms with E-state index in [4.69, 9.17) is 4.42 Å². The molecule has 1 heterocycles. The molecule has 23 heavy (non-hydrogen) atoms. The van der Waals surface area contributed by atoms with E-state index in [0.717, 1.165) is 37.7 Å². The predicted octanol–water partition coefficient (Wildman–Crippen LogP) is 4.18. The molecule has 0 spiro atoms. The molecule has 0 saturated heterocycles. The van der Waals surface area contributed by atoms with Gasteiger partial charge in [0.2, 0.25) is 0 Å². The summed E-state index contributed by atoms with van der Waals surface area (Å²) in [6.45, 7) is 8.88. The van der Waals surface area contributed by atoms with E-state index in [9.17, 15) is 10.2 Å². The Morgan fingerprint density at radius 3 is 2.65 bits per heavy atom. The molecule has 3 nitrogen and oxygen atoms in total. The largest absolute Gasteiger partial charge is 0.472 e. The first-order valence-corrected chi connectivity index (χ1v) is 9.12. The molecule has 2 saturated carbocycles. The molecule has 2 N–H and O–H groups in total. The quantitative estimate of drug-likeness (QED) is 0.878. The van der Waals surface area contributed by atoms with Gasteiger partial charge < -0.3 is 14.6 Å². The molecule has 2 aliphatic carbocycles. The van der Waals surface area contributed by atoms with E-state index in [1.165, 1.54) is 0 Å². The fourth-order valence-electron chi connectivity index (χ4n) is 6.07. The van der Waals surface area contributed by atoms with Crippen LogP contribution in [-0.4, -0.2) is 21.9 Å². The molecule has 3 rings (SSSR count). The van der Waals surface area contributed by atoms with Gasteiger partial charge >= 0.3 is 0 Å². The van der Waals surface area contributed by atoms with Crippen molar-refractivity contribution in [2.75, 3.05) is 0 Å². The van der Waals surface area contributed by atoms with Gasteiger partial charge in [-0.15, -0.1) is 0 Å². The summed E-state index contributed by atoms with van der Waals surface area (Å²) in [4.78, 5) is 0. The summed E-state index contributed by atoms with van der Waals surface area (Å²) in [6.07, 6.45) is 8.71. The molecule has 5 unspecified atom stereocenters. The molecular formula is C20H32O3. The molecule has 2 fully saturated rings. The molecule has 2 aliphatic rings. The van der Waals surface area contributed by atoms with E-state index >= 15 is 0 Å². The molecule has 130 valence electrons. The van der Waals surface area contributed by atoms with Crippen LogP contribution in [0, 0.1) is 22.7 Å². The van der Waals surface area contributed by atoms with Crippen LogP contribution in [0.5, 0.6) is 0 Å². The number of aliphatic hydroxyl groups excluding tert-OH is 1. The second kappa shape index (κ2) is 5.63. The number of furan rings is 1. The fourth-order valence-corrected chi connectivity index (χ4v) is 6.07. The number of hydrogen-bond donors (Lipinski definition) is 2. The Hall–Kier alpha value is -0.800. The summed E-state index contributed by atoms with van der Waals surface area (Å²) >= 11 is 0. The van der Waals surface area contributed by atoms with Crippen molar-refractivity contribution in [1.29, 1.82) is 0 Å². The Bertz CT molecular complexity index is 535. The Kier molecular flexibility index (Phi) is 4.17. The molecule has 0 bridgehead atoms. The second-order valence-electron chi connectivity index (χ2n) is 9.00. The molecule has 1 aromatic rings. The van der Waals surface area contributed by atoms with Crippen molar-refractivity contribution in [2.45, 2.75) is 77.9 Å². The Labute approximate surface area is 140 Å². The summed E-state index contributed by atoms with van der Waals surface area (Å²) in [6, 6.07) is 1.98. The third-order valence-corrected chi connectivity index (χ3v) is 7.20. The molecule has 1 aromatic heterocycles. The lowest BCUT2D eigenvalue weighted by atomic mass is 9.43. The summed E-state index contributed by atoms with van der Waals surface area (Å²) in [5.41, 5.74) is 0.268. The van der Waals surface area contributed by atoms with Crippen LogP contribution in [0.4, 0.5) is 0 Å². The van der Waals surface area contributed by atoms with Crippen molar-refractivity contribution in [3.8, 4) is 0 Å². The summed E-state index contributed by atoms with van der Waals surface area (Å²) in [5.74, 6) is 0.272. The number of fused-ring (bicyclic) bond motifs is 1. The van der Waals surface area contributed by atoms with Gasteiger partial charge in [-0.25, -0.2) is 0 Å². The molecule has 0 aliphatic heterocycles. The van der Waals surface area contributed by atoms with E-state index in [1.807, 2.05) is 6.07 Å². The minimum absolute atomic E-state index is 0.0795. The van der Waals surface area contributed by atoms with Crippen molar-refractivity contribution in [3.63, 3.8) is 0 Å². The van der Waals surface area contributed by atoms with Crippen molar-refractivity contribution in [1.82, 2.24) is 0 Å². The first-order chi connectivity index (χ1) is 10.7. The first-order valence-electron chi connectivity index (χ1n) is 9.12. The molecule has 0 amide bonds. The molecular weight excluding hydrogens is 288 g/mol. The van der Waals surface area contributed by atoms with Crippen LogP contribution in [0.15, 0.2) is 23.0 Å². The zero-order valence-electron chi connectivity index (χ0n) is 15.0. The van der Waals surface area contributed by atoms with Gasteiger partial charge in [0.05, 0.1) is 24.2 Å². The van der Waals surface area contributed by atoms with Crippen molar-refractivity contribution in [2.24, 2.45) is 22.7 Å². The predicted molar refractivity (Wildman–Crippen MR) is 91.0 cm³/mol. The van der Waals surface area contributed by atoms with E-state index in [0.29, 0.717) is 6.42 Å². The van der Waals surface area contributed by atoms with Gasteiger partial charge in [0.25, 0.3) is 0 Å². The Morgan fingerprint density at radius 1 is 1.26 bits per heavy atom. The van der Waals surface area contributed by atoms with Gasteiger partial charge in [0, 0.05) is 5.41 Å². The third-order valence-electron chi connectivity index (χ3n) is 7.20. The number of aryl methyl sites for hydroxylation is 1. The summed E-state index contributed by atoms with van der Waals surface area (Å²) in [5, 5.41) is 22.6. The number of rotatable bonds is 3. The van der Waals surface area contributed by atoms with Crippen LogP contribution in [-0.2, 0) is 6.42 Å². The normalized spacial score (nSPS) is 43.1. The molecule has 0 radical (unpaired) electrons. The lowest BCUT2D eigenvalue weighted by Crippen LogP contribution is -2.66. The minimum atomic E-state index is -0.730. The van der Waals surface area contributed by atoms with Crippen molar-refractivity contribution >= 4 is 0 Å². The second-order valence-corrected chi connectivity index (χ2v) is 9.00. The van der Waals surface area contributed by atoms with E-state index in [2.05, 4.69) is 27.7 Å². The van der Waals surface area contributed by atoms with Crippen LogP contribution >= 0.6 is 0 Å². The van der Waals surface area contributed by atoms with Gasteiger partial charge in [-0.1, -0.05) is 34.1 Å². The Balaban J connectivity index is 1.93. The highest BCUT2D eigenvalue weighted by atomic mass is 16.3. The Morgan fingerprint density at radius 2 is 2.00 bits per heavy atom. The van der Waals surface area contributed by atoms with Crippen LogP contribution in [0.2, 0.25) is 0 Å². The zero-order valence-corrected chi connectivity index (χ0v) is 15.0. The highest BCUT2D eigenvalue weighted by Gasteiger charge is 2.63. The van der Waals surface area contributed by atoms with Crippen LogP contribution in [0.3, 0.4) is 0 Å². The van der Waals surface area contributed by atoms with Gasteiger partial charge in [0.1, 0.15) is 0 Å². The monoisotopic (exact) mass is 320 g/mol. The van der Waals surface area contributed by atoms with Crippen LogP contribution in [0.1, 0.15) is 65.4 Å². The van der Waals surface area contributed by atoms with Gasteiger partial charge in [-0.05, 0) is 61.0 Å². The third kappa shape index (κ3) is 2.56. The van der Waals surface area contributed by atoms with Gasteiger partial charge in [0.15, 0.2) is 0 Å². The van der Waals surface area contributed by atoms with Crippen molar-refractivity contribution < 1.29 is 14.6 Å². The van der Waals surface area contributed by atoms with Crippen LogP contribution in [0.25, 0.3) is 0 Å². The average molecular weight is 320 g/mol. The van der Waals surface area contributed by atoms with Crippen molar-refractivity contribution in [3.05, 3.63) is 24.2 Å². The molecule has 3 heteroatoms. The fraction of sp³-hybridized carbons (Fsp3) is 0.800. The summed E-state index contributed by atoms with van der Waals surface area (Å²) in [7, 11) is 0. The molecule has 5 atom stereocenters.